The Bertz CT molecular complexity index is 680. The molecular weight excluding hydrogens is 282 g/mol. The quantitative estimate of drug-likeness (QED) is 0.504. The van der Waals surface area contributed by atoms with E-state index in [9.17, 15) is 4.79 Å². The van der Waals surface area contributed by atoms with Crippen LogP contribution in [0.2, 0.25) is 0 Å². The third-order valence-electron chi connectivity index (χ3n) is 2.88. The predicted molar refractivity (Wildman–Crippen MR) is 83.7 cm³/mol. The largest absolute Gasteiger partial charge is 0.497 e. The summed E-state index contributed by atoms with van der Waals surface area (Å²) in [6, 6.07) is 15.7. The van der Waals surface area contributed by atoms with Crippen molar-refractivity contribution in [2.24, 2.45) is 10.3 Å². The Balaban J connectivity index is 2.14. The van der Waals surface area contributed by atoms with Crippen LogP contribution in [0.15, 0.2) is 64.9 Å². The van der Waals surface area contributed by atoms with E-state index in [4.69, 9.17) is 9.94 Å². The molecule has 22 heavy (non-hydrogen) atoms. The van der Waals surface area contributed by atoms with E-state index in [0.29, 0.717) is 17.0 Å². The zero-order valence-corrected chi connectivity index (χ0v) is 11.9. The number of hydrazone groups is 1. The molecule has 0 saturated carbocycles. The first-order chi connectivity index (χ1) is 10.7. The summed E-state index contributed by atoms with van der Waals surface area (Å²) in [5, 5.41) is 15.6. The molecule has 112 valence electrons. The number of amides is 1. The first-order valence-corrected chi connectivity index (χ1v) is 6.49. The Kier molecular flexibility index (Phi) is 5.25. The van der Waals surface area contributed by atoms with E-state index in [-0.39, 0.29) is 5.91 Å². The number of carbonyl (C=O) groups is 1. The van der Waals surface area contributed by atoms with E-state index in [1.165, 1.54) is 0 Å². The van der Waals surface area contributed by atoms with Gasteiger partial charge in [0, 0.05) is 11.1 Å². The lowest BCUT2D eigenvalue weighted by Crippen LogP contribution is -2.20. The van der Waals surface area contributed by atoms with E-state index in [2.05, 4.69) is 15.7 Å². The number of methoxy groups -OCH3 is 1. The Morgan fingerprint density at radius 2 is 1.77 bits per heavy atom. The number of carbonyl (C=O) groups excluding carboxylic acids is 1. The molecule has 6 heteroatoms. The number of hydrogen-bond acceptors (Lipinski definition) is 5. The lowest BCUT2D eigenvalue weighted by Gasteiger charge is -2.04. The normalized spacial score (nSPS) is 11.4. The van der Waals surface area contributed by atoms with Crippen LogP contribution in [-0.2, 0) is 0 Å². The Labute approximate surface area is 127 Å². The molecule has 0 bridgehead atoms. The summed E-state index contributed by atoms with van der Waals surface area (Å²) >= 11 is 0. The maximum atomic E-state index is 12.0. The van der Waals surface area contributed by atoms with Crippen molar-refractivity contribution in [3.05, 3.63) is 65.7 Å². The number of oxime groups is 1. The molecule has 0 aliphatic rings. The van der Waals surface area contributed by atoms with Crippen molar-refractivity contribution in [1.29, 1.82) is 0 Å². The fraction of sp³-hybridized carbons (Fsp3) is 0.0625. The second-order valence-electron chi connectivity index (χ2n) is 4.28. The van der Waals surface area contributed by atoms with E-state index >= 15 is 0 Å². The average Bonchev–Trinajstić information content (AvgIpc) is 2.59. The Morgan fingerprint density at radius 1 is 1.09 bits per heavy atom. The summed E-state index contributed by atoms with van der Waals surface area (Å²) < 4.78 is 5.03. The van der Waals surface area contributed by atoms with Crippen molar-refractivity contribution < 1.29 is 14.7 Å². The number of hydrogen-bond donors (Lipinski definition) is 2. The minimum absolute atomic E-state index is 0.338. The summed E-state index contributed by atoms with van der Waals surface area (Å²) in [4.78, 5) is 12.0. The van der Waals surface area contributed by atoms with Gasteiger partial charge < -0.3 is 9.94 Å². The highest BCUT2D eigenvalue weighted by Gasteiger charge is 2.06. The van der Waals surface area contributed by atoms with Gasteiger partial charge in [0.05, 0.1) is 13.3 Å². The predicted octanol–water partition coefficient (Wildman–Crippen LogP) is 2.29. The van der Waals surface area contributed by atoms with Crippen molar-refractivity contribution in [3.8, 4) is 5.75 Å². The number of rotatable bonds is 5. The van der Waals surface area contributed by atoms with Crippen LogP contribution in [0.25, 0.3) is 0 Å². The van der Waals surface area contributed by atoms with Crippen molar-refractivity contribution in [2.45, 2.75) is 0 Å². The molecule has 1 amide bonds. The van der Waals surface area contributed by atoms with Crippen molar-refractivity contribution in [1.82, 2.24) is 5.43 Å². The molecule has 0 spiro atoms. The third-order valence-corrected chi connectivity index (χ3v) is 2.88. The molecule has 2 N–H and O–H groups in total. The van der Waals surface area contributed by atoms with Crippen molar-refractivity contribution in [2.75, 3.05) is 7.11 Å². The minimum atomic E-state index is -0.373. The molecular formula is C16H15N3O3. The molecule has 0 radical (unpaired) electrons. The first-order valence-electron chi connectivity index (χ1n) is 6.49. The molecule has 0 aromatic heterocycles. The summed E-state index contributed by atoms with van der Waals surface area (Å²) in [6.07, 6.45) is 1.16. The van der Waals surface area contributed by atoms with E-state index < -0.39 is 0 Å². The lowest BCUT2D eigenvalue weighted by molar-refractivity contribution is 0.0955. The van der Waals surface area contributed by atoms with Gasteiger partial charge in [-0.05, 0) is 24.3 Å². The Hall–Kier alpha value is -3.15. The molecule has 0 aliphatic heterocycles. The van der Waals surface area contributed by atoms with Crippen LogP contribution in [-0.4, -0.2) is 30.2 Å². The van der Waals surface area contributed by atoms with Crippen LogP contribution < -0.4 is 10.2 Å². The highest BCUT2D eigenvalue weighted by Crippen LogP contribution is 2.11. The van der Waals surface area contributed by atoms with Gasteiger partial charge in [0.15, 0.2) is 0 Å². The third kappa shape index (κ3) is 3.92. The van der Waals surface area contributed by atoms with Gasteiger partial charge in [-0.1, -0.05) is 35.5 Å². The maximum Gasteiger partial charge on any atom is 0.271 e. The van der Waals surface area contributed by atoms with Crippen molar-refractivity contribution in [3.63, 3.8) is 0 Å². The summed E-state index contributed by atoms with van der Waals surface area (Å²) in [6.45, 7) is 0. The molecule has 2 aromatic carbocycles. The average molecular weight is 297 g/mol. The maximum absolute atomic E-state index is 12.0. The second kappa shape index (κ2) is 7.58. The van der Waals surface area contributed by atoms with Gasteiger partial charge in [-0.15, -0.1) is 0 Å². The smallest absolute Gasteiger partial charge is 0.271 e. The van der Waals surface area contributed by atoms with Crippen LogP contribution in [0.4, 0.5) is 0 Å². The molecule has 6 nitrogen and oxygen atoms in total. The molecule has 2 rings (SSSR count). The summed E-state index contributed by atoms with van der Waals surface area (Å²) in [7, 11) is 1.56. The van der Waals surface area contributed by atoms with Gasteiger partial charge in [0.25, 0.3) is 5.91 Å². The standard InChI is InChI=1S/C16H15N3O3/c1-22-14-9-7-13(8-10-14)16(20)19-18-15(11-17-21)12-5-3-2-4-6-12/h2-11,21H,1H3,(H,19,20)/b17-11+,18-15+. The van der Waals surface area contributed by atoms with Crippen molar-refractivity contribution >= 4 is 17.8 Å². The molecule has 2 aromatic rings. The fourth-order valence-corrected chi connectivity index (χ4v) is 1.75. The van der Waals surface area contributed by atoms with Crippen LogP contribution in [0.3, 0.4) is 0 Å². The first kappa shape index (κ1) is 15.2. The highest BCUT2D eigenvalue weighted by atomic mass is 16.5. The van der Waals surface area contributed by atoms with Crippen LogP contribution in [0.1, 0.15) is 15.9 Å². The molecule has 0 atom stereocenters. The van der Waals surface area contributed by atoms with Gasteiger partial charge in [-0.25, -0.2) is 5.43 Å². The SMILES string of the molecule is COc1ccc(C(=O)N/N=C(\C=N\O)c2ccccc2)cc1. The highest BCUT2D eigenvalue weighted by molar-refractivity contribution is 6.38. The number of benzene rings is 2. The minimum Gasteiger partial charge on any atom is -0.497 e. The summed E-state index contributed by atoms with van der Waals surface area (Å²) in [5.74, 6) is 0.292. The number of ether oxygens (including phenoxy) is 1. The number of nitrogens with zero attached hydrogens (tertiary/aromatic N) is 2. The van der Waals surface area contributed by atoms with Crippen LogP contribution in [0.5, 0.6) is 5.75 Å². The van der Waals surface area contributed by atoms with Gasteiger partial charge in [0.1, 0.15) is 11.5 Å². The van der Waals surface area contributed by atoms with Gasteiger partial charge in [-0.3, -0.25) is 4.79 Å². The summed E-state index contributed by atoms with van der Waals surface area (Å²) in [5.41, 5.74) is 3.92. The molecule has 0 unspecified atom stereocenters. The fourth-order valence-electron chi connectivity index (χ4n) is 1.75. The Morgan fingerprint density at radius 3 is 2.36 bits per heavy atom. The van der Waals surface area contributed by atoms with Gasteiger partial charge in [0.2, 0.25) is 0 Å². The van der Waals surface area contributed by atoms with Gasteiger partial charge in [-0.2, -0.15) is 5.10 Å². The van der Waals surface area contributed by atoms with Gasteiger partial charge >= 0.3 is 0 Å². The zero-order valence-electron chi connectivity index (χ0n) is 11.9. The molecule has 0 saturated heterocycles. The van der Waals surface area contributed by atoms with E-state index in [0.717, 1.165) is 11.8 Å². The van der Waals surface area contributed by atoms with E-state index in [1.54, 1.807) is 43.5 Å². The number of nitrogens with one attached hydrogen (secondary N) is 1. The lowest BCUT2D eigenvalue weighted by atomic mass is 10.1. The second-order valence-corrected chi connectivity index (χ2v) is 4.28. The molecule has 0 heterocycles. The van der Waals surface area contributed by atoms with Crippen LogP contribution in [0, 0.1) is 0 Å². The monoisotopic (exact) mass is 297 g/mol. The zero-order chi connectivity index (χ0) is 15.8. The molecule has 0 aliphatic carbocycles. The topological polar surface area (TPSA) is 83.3 Å². The van der Waals surface area contributed by atoms with E-state index in [1.807, 2.05) is 18.2 Å². The molecule has 0 fully saturated rings. The van der Waals surface area contributed by atoms with Crippen LogP contribution >= 0.6 is 0 Å².